The van der Waals surface area contributed by atoms with Crippen LogP contribution in [-0.4, -0.2) is 48.6 Å². The summed E-state index contributed by atoms with van der Waals surface area (Å²) in [6.07, 6.45) is 0. The summed E-state index contributed by atoms with van der Waals surface area (Å²) in [5.41, 5.74) is 0. The van der Waals surface area contributed by atoms with Crippen molar-refractivity contribution in [1.82, 2.24) is 9.80 Å². The molecule has 2 nitrogen and oxygen atoms in total. The molecule has 1 aliphatic rings. The molecule has 1 heterocycles. The molecular weight excluding hydrogens is 208 g/mol. The van der Waals surface area contributed by atoms with Crippen molar-refractivity contribution in [3.63, 3.8) is 0 Å². The van der Waals surface area contributed by atoms with Crippen LogP contribution < -0.4 is 0 Å². The molecule has 0 N–H and O–H groups in total. The lowest BCUT2D eigenvalue weighted by Crippen LogP contribution is -2.50. The molecule has 1 fully saturated rings. The van der Waals surface area contributed by atoms with E-state index in [1.54, 1.807) is 0 Å². The minimum Gasteiger partial charge on any atom is -0.301 e. The molecule has 0 aromatic rings. The first-order chi connectivity index (χ1) is 7.91. The quantitative estimate of drug-likeness (QED) is 0.729. The number of hydrogen-bond donors (Lipinski definition) is 0. The lowest BCUT2D eigenvalue weighted by molar-refractivity contribution is 0.0872. The van der Waals surface area contributed by atoms with Gasteiger partial charge in [-0.2, -0.15) is 0 Å². The van der Waals surface area contributed by atoms with E-state index in [2.05, 4.69) is 51.3 Å². The van der Waals surface area contributed by atoms with Gasteiger partial charge in [0.1, 0.15) is 0 Å². The van der Waals surface area contributed by atoms with Crippen LogP contribution in [0, 0.1) is 17.8 Å². The Hall–Kier alpha value is -0.0800. The molecule has 0 aliphatic carbocycles. The zero-order chi connectivity index (χ0) is 13.0. The fourth-order valence-corrected chi connectivity index (χ4v) is 2.69. The Morgan fingerprint density at radius 3 is 1.76 bits per heavy atom. The molecule has 1 saturated heterocycles. The van der Waals surface area contributed by atoms with Gasteiger partial charge in [-0.25, -0.2) is 0 Å². The predicted octanol–water partition coefficient (Wildman–Crippen LogP) is 2.94. The van der Waals surface area contributed by atoms with Crippen LogP contribution in [0.3, 0.4) is 0 Å². The molecule has 1 rings (SSSR count). The average Bonchev–Trinajstić information content (AvgIpc) is 2.28. The van der Waals surface area contributed by atoms with Crippen LogP contribution in [0.1, 0.15) is 41.5 Å². The molecule has 2 heteroatoms. The third-order valence-electron chi connectivity index (χ3n) is 4.63. The van der Waals surface area contributed by atoms with Gasteiger partial charge in [0.25, 0.3) is 0 Å². The molecule has 1 aliphatic heterocycles. The lowest BCUT2D eigenvalue weighted by Gasteiger charge is -2.39. The largest absolute Gasteiger partial charge is 0.301 e. The van der Waals surface area contributed by atoms with Gasteiger partial charge in [0.05, 0.1) is 0 Å². The van der Waals surface area contributed by atoms with E-state index in [4.69, 9.17) is 0 Å². The summed E-state index contributed by atoms with van der Waals surface area (Å²) in [6, 6.07) is 0.712. The van der Waals surface area contributed by atoms with Crippen molar-refractivity contribution >= 4 is 0 Å². The van der Waals surface area contributed by atoms with Crippen molar-refractivity contribution in [2.45, 2.75) is 47.6 Å². The minimum atomic E-state index is 0.712. The van der Waals surface area contributed by atoms with Gasteiger partial charge in [-0.3, -0.25) is 4.90 Å². The molecule has 0 amide bonds. The van der Waals surface area contributed by atoms with E-state index in [0.717, 1.165) is 17.8 Å². The molecule has 102 valence electrons. The average molecular weight is 240 g/mol. The summed E-state index contributed by atoms with van der Waals surface area (Å²) in [5, 5.41) is 0. The van der Waals surface area contributed by atoms with E-state index in [9.17, 15) is 0 Å². The van der Waals surface area contributed by atoms with Crippen LogP contribution in [0.4, 0.5) is 0 Å². The molecule has 0 radical (unpaired) electrons. The van der Waals surface area contributed by atoms with Crippen LogP contribution >= 0.6 is 0 Å². The fourth-order valence-electron chi connectivity index (χ4n) is 2.69. The number of nitrogens with zero attached hydrogens (tertiary/aromatic N) is 2. The summed E-state index contributed by atoms with van der Waals surface area (Å²) in [4.78, 5) is 5.25. The fraction of sp³-hybridized carbons (Fsp3) is 1.00. The van der Waals surface area contributed by atoms with E-state index in [1.807, 2.05) is 0 Å². The van der Waals surface area contributed by atoms with Crippen molar-refractivity contribution in [2.24, 2.45) is 17.8 Å². The summed E-state index contributed by atoms with van der Waals surface area (Å²) in [5.74, 6) is 2.46. The van der Waals surface area contributed by atoms with Crippen molar-refractivity contribution < 1.29 is 0 Å². The Bertz CT molecular complexity index is 205. The zero-order valence-corrected chi connectivity index (χ0v) is 12.7. The summed E-state index contributed by atoms with van der Waals surface area (Å²) < 4.78 is 0. The second-order valence-electron chi connectivity index (χ2n) is 6.51. The number of hydrogen-bond acceptors (Lipinski definition) is 2. The first-order valence-electron chi connectivity index (χ1n) is 7.38. The summed E-state index contributed by atoms with van der Waals surface area (Å²) >= 11 is 0. The van der Waals surface area contributed by atoms with E-state index >= 15 is 0 Å². The van der Waals surface area contributed by atoms with Crippen LogP contribution in [0.2, 0.25) is 0 Å². The highest BCUT2D eigenvalue weighted by Crippen LogP contribution is 2.21. The van der Waals surface area contributed by atoms with Crippen LogP contribution in [0.5, 0.6) is 0 Å². The normalized spacial score (nSPS) is 23.3. The Balaban J connectivity index is 2.30. The van der Waals surface area contributed by atoms with Crippen molar-refractivity contribution in [3.8, 4) is 0 Å². The second kappa shape index (κ2) is 6.75. The van der Waals surface area contributed by atoms with Crippen molar-refractivity contribution in [1.29, 1.82) is 0 Å². The molecule has 0 bridgehead atoms. The van der Waals surface area contributed by atoms with E-state index in [0.29, 0.717) is 6.04 Å². The Labute approximate surface area is 108 Å². The summed E-state index contributed by atoms with van der Waals surface area (Å²) in [6.45, 7) is 20.4. The van der Waals surface area contributed by atoms with E-state index < -0.39 is 0 Å². The molecule has 2 atom stereocenters. The van der Waals surface area contributed by atoms with E-state index in [-0.39, 0.29) is 0 Å². The van der Waals surface area contributed by atoms with Gasteiger partial charge in [-0.15, -0.1) is 0 Å². The maximum Gasteiger partial charge on any atom is 0.0113 e. The first kappa shape index (κ1) is 15.0. The van der Waals surface area contributed by atoms with Crippen LogP contribution in [0.25, 0.3) is 0 Å². The van der Waals surface area contributed by atoms with Crippen LogP contribution in [-0.2, 0) is 0 Å². The molecule has 0 spiro atoms. The second-order valence-corrected chi connectivity index (χ2v) is 6.51. The molecule has 17 heavy (non-hydrogen) atoms. The predicted molar refractivity (Wildman–Crippen MR) is 76.3 cm³/mol. The Kier molecular flexibility index (Phi) is 5.94. The SMILES string of the molecule is CC(C)C(C)C(C)CN1CCN(C(C)C)CC1. The molecular formula is C15H32N2. The third kappa shape index (κ3) is 4.59. The monoisotopic (exact) mass is 240 g/mol. The highest BCUT2D eigenvalue weighted by Gasteiger charge is 2.22. The highest BCUT2D eigenvalue weighted by atomic mass is 15.3. The third-order valence-corrected chi connectivity index (χ3v) is 4.63. The Morgan fingerprint density at radius 2 is 1.35 bits per heavy atom. The topological polar surface area (TPSA) is 6.48 Å². The van der Waals surface area contributed by atoms with Gasteiger partial charge < -0.3 is 4.90 Å². The first-order valence-corrected chi connectivity index (χ1v) is 7.38. The van der Waals surface area contributed by atoms with E-state index in [1.165, 1.54) is 32.7 Å². The lowest BCUT2D eigenvalue weighted by atomic mass is 9.86. The highest BCUT2D eigenvalue weighted by molar-refractivity contribution is 4.77. The number of rotatable bonds is 5. The minimum absolute atomic E-state index is 0.712. The molecule has 0 saturated carbocycles. The van der Waals surface area contributed by atoms with Gasteiger partial charge in [-0.05, 0) is 31.6 Å². The summed E-state index contributed by atoms with van der Waals surface area (Å²) in [7, 11) is 0. The van der Waals surface area contributed by atoms with Gasteiger partial charge in [0.2, 0.25) is 0 Å². The zero-order valence-electron chi connectivity index (χ0n) is 12.7. The van der Waals surface area contributed by atoms with Gasteiger partial charge >= 0.3 is 0 Å². The smallest absolute Gasteiger partial charge is 0.0113 e. The maximum atomic E-state index is 2.66. The van der Waals surface area contributed by atoms with Crippen LogP contribution in [0.15, 0.2) is 0 Å². The maximum absolute atomic E-state index is 2.66. The van der Waals surface area contributed by atoms with Gasteiger partial charge in [-0.1, -0.05) is 27.7 Å². The standard InChI is InChI=1S/C15H32N2/c1-12(2)15(6)14(5)11-16-7-9-17(10-8-16)13(3)4/h12-15H,7-11H2,1-6H3. The van der Waals surface area contributed by atoms with Crippen molar-refractivity contribution in [2.75, 3.05) is 32.7 Å². The molecule has 2 unspecified atom stereocenters. The van der Waals surface area contributed by atoms with Gasteiger partial charge in [0.15, 0.2) is 0 Å². The molecule has 0 aromatic carbocycles. The number of piperazine rings is 1. The molecule has 0 aromatic heterocycles. The van der Waals surface area contributed by atoms with Gasteiger partial charge in [0, 0.05) is 38.8 Å². The van der Waals surface area contributed by atoms with Crippen molar-refractivity contribution in [3.05, 3.63) is 0 Å². The Morgan fingerprint density at radius 1 is 0.824 bits per heavy atom.